The Morgan fingerprint density at radius 3 is 1.45 bits per heavy atom. The highest BCUT2D eigenvalue weighted by atomic mass is 15.1. The van der Waals surface area contributed by atoms with Crippen molar-refractivity contribution < 1.29 is 4.57 Å². The molecule has 0 aliphatic heterocycles. The predicted molar refractivity (Wildman–Crippen MR) is 214 cm³/mol. The maximum atomic E-state index is 3.82. The van der Waals surface area contributed by atoms with Crippen LogP contribution in [-0.4, -0.2) is 4.98 Å². The van der Waals surface area contributed by atoms with Gasteiger partial charge in [-0.05, 0) is 36.8 Å². The third-order valence-electron chi connectivity index (χ3n) is 11.3. The van der Waals surface area contributed by atoms with E-state index in [0.717, 1.165) is 13.0 Å². The molecule has 2 nitrogen and oxygen atoms in total. The topological polar surface area (TPSA) is 19.7 Å². The Morgan fingerprint density at radius 1 is 0.531 bits per heavy atom. The molecule has 1 heterocycles. The Morgan fingerprint density at radius 2 is 0.959 bits per heavy atom. The van der Waals surface area contributed by atoms with Gasteiger partial charge in [-0.25, -0.2) is 9.55 Å². The van der Waals surface area contributed by atoms with Crippen LogP contribution in [0.4, 0.5) is 0 Å². The highest BCUT2D eigenvalue weighted by molar-refractivity contribution is 5.32. The second kappa shape index (κ2) is 26.5. The van der Waals surface area contributed by atoms with Crippen molar-refractivity contribution >= 4 is 0 Å². The molecular weight excluding hydrogens is 593 g/mol. The number of benzene rings is 2. The van der Waals surface area contributed by atoms with E-state index in [9.17, 15) is 0 Å². The SMILES string of the molecule is CCCCCCCCCCCCCCCC(c1[nH]cc[n+]1CCCCCCCCCCCCC)C(C)(Cc1ccccc1)c1ccccc1. The average Bonchev–Trinajstić information content (AvgIpc) is 3.59. The van der Waals surface area contributed by atoms with Crippen molar-refractivity contribution in [2.45, 2.75) is 206 Å². The van der Waals surface area contributed by atoms with Crippen molar-refractivity contribution in [3.63, 3.8) is 0 Å². The van der Waals surface area contributed by atoms with Crippen molar-refractivity contribution in [1.29, 1.82) is 0 Å². The van der Waals surface area contributed by atoms with Crippen LogP contribution < -0.4 is 4.57 Å². The molecule has 274 valence electrons. The highest BCUT2D eigenvalue weighted by Gasteiger charge is 2.41. The van der Waals surface area contributed by atoms with Crippen LogP contribution in [0, 0.1) is 0 Å². The maximum absolute atomic E-state index is 3.82. The van der Waals surface area contributed by atoms with Gasteiger partial charge in [0.25, 0.3) is 5.82 Å². The van der Waals surface area contributed by atoms with Gasteiger partial charge in [-0.15, -0.1) is 0 Å². The molecule has 0 saturated heterocycles. The normalized spacial score (nSPS) is 13.4. The summed E-state index contributed by atoms with van der Waals surface area (Å²) in [5.41, 5.74) is 2.91. The summed E-state index contributed by atoms with van der Waals surface area (Å²) in [7, 11) is 0. The van der Waals surface area contributed by atoms with Crippen LogP contribution in [0.3, 0.4) is 0 Å². The van der Waals surface area contributed by atoms with Gasteiger partial charge in [-0.3, -0.25) is 0 Å². The Labute approximate surface area is 304 Å². The van der Waals surface area contributed by atoms with Gasteiger partial charge in [-0.1, -0.05) is 223 Å². The number of nitrogens with one attached hydrogen (secondary N) is 1. The zero-order chi connectivity index (χ0) is 34.7. The molecule has 0 aliphatic carbocycles. The summed E-state index contributed by atoms with van der Waals surface area (Å²) in [5.74, 6) is 1.87. The molecule has 2 heteroatoms. The minimum absolute atomic E-state index is 0.00345. The number of aromatic nitrogens is 2. The lowest BCUT2D eigenvalue weighted by Gasteiger charge is -2.37. The molecule has 1 aromatic heterocycles. The van der Waals surface area contributed by atoms with E-state index < -0.39 is 0 Å². The van der Waals surface area contributed by atoms with Crippen LogP contribution in [-0.2, 0) is 18.4 Å². The molecule has 0 spiro atoms. The third-order valence-corrected chi connectivity index (χ3v) is 11.3. The molecule has 3 aromatic rings. The average molecular weight is 670 g/mol. The summed E-state index contributed by atoms with van der Waals surface area (Å²) in [4.78, 5) is 3.82. The molecule has 2 atom stereocenters. The smallest absolute Gasteiger partial charge is 0.247 e. The number of hydrogen-bond donors (Lipinski definition) is 1. The number of aryl methyl sites for hydroxylation is 1. The van der Waals surface area contributed by atoms with Crippen LogP contribution >= 0.6 is 0 Å². The van der Waals surface area contributed by atoms with Gasteiger partial charge in [-0.2, -0.15) is 0 Å². The van der Waals surface area contributed by atoms with Crippen LogP contribution in [0.1, 0.15) is 204 Å². The molecule has 2 unspecified atom stereocenters. The van der Waals surface area contributed by atoms with Crippen molar-refractivity contribution in [2.75, 3.05) is 0 Å². The molecule has 0 amide bonds. The quantitative estimate of drug-likeness (QED) is 0.0519. The summed E-state index contributed by atoms with van der Waals surface area (Å²) < 4.78 is 2.59. The summed E-state index contributed by atoms with van der Waals surface area (Å²) in [6.07, 6.45) is 40.4. The Hall–Kier alpha value is -2.35. The van der Waals surface area contributed by atoms with Crippen molar-refractivity contribution in [1.82, 2.24) is 4.98 Å². The molecule has 2 aromatic carbocycles. The molecule has 49 heavy (non-hydrogen) atoms. The van der Waals surface area contributed by atoms with Crippen molar-refractivity contribution in [3.8, 4) is 0 Å². The lowest BCUT2D eigenvalue weighted by Crippen LogP contribution is -2.43. The fourth-order valence-electron chi connectivity index (χ4n) is 8.21. The largest absolute Gasteiger partial charge is 0.258 e. The van der Waals surface area contributed by atoms with E-state index in [1.807, 2.05) is 0 Å². The number of unbranched alkanes of at least 4 members (excludes halogenated alkanes) is 22. The van der Waals surface area contributed by atoms with Crippen LogP contribution in [0.25, 0.3) is 0 Å². The van der Waals surface area contributed by atoms with Crippen LogP contribution in [0.15, 0.2) is 73.1 Å². The van der Waals surface area contributed by atoms with Gasteiger partial charge >= 0.3 is 0 Å². The van der Waals surface area contributed by atoms with Gasteiger partial charge in [0.1, 0.15) is 12.4 Å². The van der Waals surface area contributed by atoms with Gasteiger partial charge in [0, 0.05) is 5.41 Å². The first-order valence-corrected chi connectivity index (χ1v) is 21.3. The lowest BCUT2D eigenvalue weighted by molar-refractivity contribution is -0.705. The minimum atomic E-state index is 0.00345. The molecule has 0 radical (unpaired) electrons. The van der Waals surface area contributed by atoms with Gasteiger partial charge in [0.15, 0.2) is 0 Å². The van der Waals surface area contributed by atoms with E-state index in [4.69, 9.17) is 0 Å². The first-order chi connectivity index (χ1) is 24.2. The number of hydrogen-bond acceptors (Lipinski definition) is 0. The number of rotatable bonds is 31. The Balaban J connectivity index is 1.58. The number of H-pyrrole nitrogens is 1. The van der Waals surface area contributed by atoms with Crippen LogP contribution in [0.2, 0.25) is 0 Å². The molecule has 0 aliphatic rings. The zero-order valence-corrected chi connectivity index (χ0v) is 32.5. The fraction of sp³-hybridized carbons (Fsp3) is 0.681. The summed E-state index contributed by atoms with van der Waals surface area (Å²) >= 11 is 0. The lowest BCUT2D eigenvalue weighted by atomic mass is 9.66. The van der Waals surface area contributed by atoms with E-state index in [1.54, 1.807) is 0 Å². The van der Waals surface area contributed by atoms with E-state index in [1.165, 1.54) is 177 Å². The second-order valence-corrected chi connectivity index (χ2v) is 15.6. The number of aromatic amines is 1. The van der Waals surface area contributed by atoms with Gasteiger partial charge in [0.05, 0.1) is 12.5 Å². The maximum Gasteiger partial charge on any atom is 0.258 e. The second-order valence-electron chi connectivity index (χ2n) is 15.6. The number of imidazole rings is 1. The summed E-state index contributed by atoms with van der Waals surface area (Å²) in [6, 6.07) is 22.7. The number of nitrogens with zero attached hydrogens (tertiary/aromatic N) is 1. The van der Waals surface area contributed by atoms with E-state index >= 15 is 0 Å². The van der Waals surface area contributed by atoms with Gasteiger partial charge < -0.3 is 0 Å². The first-order valence-electron chi connectivity index (χ1n) is 21.3. The van der Waals surface area contributed by atoms with Gasteiger partial charge in [0.2, 0.25) is 0 Å². The molecule has 0 saturated carbocycles. The summed E-state index contributed by atoms with van der Waals surface area (Å²) in [5, 5.41) is 0. The molecule has 0 bridgehead atoms. The van der Waals surface area contributed by atoms with E-state index in [0.29, 0.717) is 5.92 Å². The standard InChI is InChI=1S/C47H76N2/c1-4-6-8-10-12-14-16-17-18-20-22-24-32-38-45(47(3,44-36-30-27-31-37-44)42-43-34-28-26-29-35-43)46-48-39-41-49(46)40-33-25-23-21-19-15-13-11-9-7-5-2/h26-31,34-37,39,41,45H,4-25,32-33,38,40,42H2,1-3H3/p+1. The minimum Gasteiger partial charge on any atom is -0.247 e. The van der Waals surface area contributed by atoms with Crippen molar-refractivity contribution in [2.24, 2.45) is 0 Å². The Bertz CT molecular complexity index is 1150. The van der Waals surface area contributed by atoms with E-state index in [-0.39, 0.29) is 5.41 Å². The zero-order valence-electron chi connectivity index (χ0n) is 32.5. The monoisotopic (exact) mass is 670 g/mol. The fourth-order valence-corrected chi connectivity index (χ4v) is 8.21. The third kappa shape index (κ3) is 16.5. The molecule has 3 rings (SSSR count). The van der Waals surface area contributed by atoms with Crippen molar-refractivity contribution in [3.05, 3.63) is 90.0 Å². The molecule has 1 N–H and O–H groups in total. The molecule has 0 fully saturated rings. The Kier molecular flexibility index (Phi) is 22.2. The highest BCUT2D eigenvalue weighted by Crippen LogP contribution is 2.43. The predicted octanol–water partition coefficient (Wildman–Crippen LogP) is 14.4. The molecular formula is C47H77N2+. The van der Waals surface area contributed by atoms with Crippen LogP contribution in [0.5, 0.6) is 0 Å². The van der Waals surface area contributed by atoms with E-state index in [2.05, 4.69) is 103 Å². The first kappa shape index (κ1) is 41.1. The summed E-state index contributed by atoms with van der Waals surface area (Å²) in [6.45, 7) is 8.29.